The van der Waals surface area contributed by atoms with E-state index >= 15 is 0 Å². The van der Waals surface area contributed by atoms with Gasteiger partial charge in [-0.25, -0.2) is 29.5 Å². The zero-order valence-electron chi connectivity index (χ0n) is 69.7. The third-order valence-electron chi connectivity index (χ3n) is 16.2. The number of carbonyl (C=O) groups is 3. The molecule has 0 bridgehead atoms. The summed E-state index contributed by atoms with van der Waals surface area (Å²) in [6.07, 6.45) is 10.5. The van der Waals surface area contributed by atoms with E-state index in [1.807, 2.05) is 146 Å². The zero-order valence-corrected chi connectivity index (χ0v) is 75.4. The van der Waals surface area contributed by atoms with Crippen LogP contribution in [0.5, 0.6) is 0 Å². The number of rotatable bonds is 38. The van der Waals surface area contributed by atoms with Crippen molar-refractivity contribution >= 4 is 153 Å². The van der Waals surface area contributed by atoms with Crippen molar-refractivity contribution in [1.82, 2.24) is 35.9 Å². The van der Waals surface area contributed by atoms with E-state index < -0.39 is 24.2 Å². The maximum atomic E-state index is 11.6. The van der Waals surface area contributed by atoms with Crippen LogP contribution in [0, 0.1) is 5.41 Å². The van der Waals surface area contributed by atoms with Crippen LogP contribution in [0.15, 0.2) is 163 Å². The van der Waals surface area contributed by atoms with E-state index in [9.17, 15) is 29.7 Å². The Balaban J connectivity index is -0.000000720. The molecule has 40 heteroatoms. The number of nitrogens with one attached hydrogen (secondary N) is 8. The summed E-state index contributed by atoms with van der Waals surface area (Å²) in [5, 5.41) is 104. The number of nitrogens with two attached hydrogens (primary N) is 7. The van der Waals surface area contributed by atoms with E-state index in [1.165, 1.54) is 22.3 Å². The number of aliphatic hydroxyl groups is 9. The fourth-order valence-corrected chi connectivity index (χ4v) is 10.1. The number of amidine groups is 1. The molecule has 6 aromatic carbocycles. The van der Waals surface area contributed by atoms with Crippen LogP contribution >= 0.6 is 72.4 Å². The molecule has 0 radical (unpaired) electrons. The lowest BCUT2D eigenvalue weighted by Crippen LogP contribution is -2.29. The van der Waals surface area contributed by atoms with Crippen LogP contribution in [-0.2, 0) is 53.1 Å². The Labute approximate surface area is 780 Å². The second-order valence-corrected chi connectivity index (χ2v) is 27.7. The molecule has 0 spiro atoms. The van der Waals surface area contributed by atoms with Crippen LogP contribution in [0.1, 0.15) is 124 Å². The topological polar surface area (TPSA) is 618 Å². The number of aliphatic hydroxyl groups excluding tert-OH is 9. The number of aromatic nitrogens is 4. The molecule has 706 valence electrons. The molecule has 8 aromatic rings. The van der Waals surface area contributed by atoms with Crippen molar-refractivity contribution < 1.29 is 74.6 Å². The number of epoxide rings is 1. The number of aliphatic imine (C=N–C) groups is 1. The number of aryl methyl sites for hydroxylation is 4. The van der Waals surface area contributed by atoms with E-state index in [0.29, 0.717) is 45.9 Å². The molecular formula is C86H139Cl2IN20O15S2. The number of unbranched alkanes of at least 4 members (excludes halogenated alkanes) is 4. The Morgan fingerprint density at radius 2 is 0.913 bits per heavy atom. The van der Waals surface area contributed by atoms with E-state index in [1.54, 1.807) is 13.2 Å². The van der Waals surface area contributed by atoms with Gasteiger partial charge in [0, 0.05) is 75.7 Å². The maximum Gasteiger partial charge on any atom is 0.407 e. The lowest BCUT2D eigenvalue weighted by molar-refractivity contribution is 0.0973. The Morgan fingerprint density at radius 3 is 1.27 bits per heavy atom. The molecule has 1 aliphatic rings. The zero-order chi connectivity index (χ0) is 89.4. The molecule has 4 atom stereocenters. The summed E-state index contributed by atoms with van der Waals surface area (Å²) in [6, 6.07) is 51.2. The number of guanidine groups is 1. The van der Waals surface area contributed by atoms with Gasteiger partial charge in [0.25, 0.3) is 5.91 Å². The number of alkyl carbamates (subject to hydrolysis) is 2. The molecular weight excluding hydrogens is 1820 g/mol. The number of hydrogen-bond acceptors (Lipinski definition) is 31. The summed E-state index contributed by atoms with van der Waals surface area (Å²) >= 11 is 12.6. The number of benzene rings is 6. The van der Waals surface area contributed by atoms with Crippen molar-refractivity contribution in [3.8, 4) is 0 Å². The minimum Gasteiger partial charge on any atom is -0.445 e. The van der Waals surface area contributed by atoms with Gasteiger partial charge in [-0.2, -0.15) is 13.5 Å². The number of amides is 3. The molecule has 35 nitrogen and oxygen atoms in total. The first-order valence-corrected chi connectivity index (χ1v) is 41.1. The number of halogens is 3. The minimum atomic E-state index is -0.766. The van der Waals surface area contributed by atoms with Crippen molar-refractivity contribution in [3.05, 3.63) is 207 Å². The van der Waals surface area contributed by atoms with Gasteiger partial charge in [0.1, 0.15) is 19.3 Å². The van der Waals surface area contributed by atoms with Crippen LogP contribution in [0.4, 0.5) is 61.4 Å². The highest BCUT2D eigenvalue weighted by Crippen LogP contribution is 2.23. The average molecular weight is 1960 g/mol. The van der Waals surface area contributed by atoms with Gasteiger partial charge in [0.05, 0.1) is 51.3 Å². The molecule has 3 heterocycles. The van der Waals surface area contributed by atoms with E-state index in [4.69, 9.17) is 109 Å². The average Bonchev–Trinajstić information content (AvgIpc) is 1.29. The highest BCUT2D eigenvalue weighted by Gasteiger charge is 2.20. The predicted octanol–water partition coefficient (Wildman–Crippen LogP) is 9.71. The second-order valence-electron chi connectivity index (χ2n) is 26.2. The van der Waals surface area contributed by atoms with Crippen molar-refractivity contribution in [1.29, 1.82) is 5.41 Å². The second kappa shape index (κ2) is 76.6. The summed E-state index contributed by atoms with van der Waals surface area (Å²) in [6.45, 7) is 6.25. The molecule has 0 aliphatic carbocycles. The van der Waals surface area contributed by atoms with Crippen molar-refractivity contribution in [2.24, 2.45) is 16.5 Å². The fourth-order valence-electron chi connectivity index (χ4n) is 9.58. The largest absolute Gasteiger partial charge is 0.445 e. The summed E-state index contributed by atoms with van der Waals surface area (Å²) in [7, 11) is 1.00. The normalized spacial score (nSPS) is 11.6. The van der Waals surface area contributed by atoms with Gasteiger partial charge in [-0.15, -0.1) is 24.0 Å². The number of nitrogen functional groups attached to an aromatic ring is 5. The number of ether oxygens (including phenoxy) is 3. The first kappa shape index (κ1) is 123. The third-order valence-corrected chi connectivity index (χ3v) is 17.3. The quantitative estimate of drug-likeness (QED) is 0.00427. The van der Waals surface area contributed by atoms with Crippen LogP contribution in [-0.4, -0.2) is 218 Å². The molecule has 1 fully saturated rings. The molecule has 126 heavy (non-hydrogen) atoms. The highest BCUT2D eigenvalue weighted by atomic mass is 127. The van der Waals surface area contributed by atoms with Crippen molar-refractivity contribution in [3.63, 3.8) is 0 Å². The number of hydrogen-bond donors (Lipinski definition) is 24. The van der Waals surface area contributed by atoms with Crippen LogP contribution in [0.3, 0.4) is 0 Å². The molecule has 2 aromatic heterocycles. The fraction of sp³-hybridized carbons (Fsp3) is 0.430. The van der Waals surface area contributed by atoms with Gasteiger partial charge in [-0.3, -0.25) is 15.2 Å². The first-order valence-electron chi connectivity index (χ1n) is 39.1. The number of nitrogens with zero attached hydrogens (tertiary/aromatic N) is 5. The standard InChI is InChI=1S/C21H28N2O4.C18H27ClN8O2.C18H22N2O2.C13H22N2O2.C7H9ClN6OS.C3H6O2.C2H6O.CH4O.3CH4.HI.H2S/c24-15-20(25)14-23-19-11-9-17(10-12-19)6-4-5-13-22-21(26)27-16-18-7-2-1-3-8-18;19-14-17(26-16(21)15(20)25-14)27-18(22)23-8-2-1-3-11-4-6-12(7-5-11)24-9-13(29)10-28;19-17-11-9-15(10-12-17)6-4-5-13-20-18(21)22-14-16-7-2-1-3-8-16;14-8-2-1-3-11-4-6-12(7-5-11)15-9-13(17)10-16;1-16-7(11)14-6(15)2-4(9)13-5(10)3(8)12-2;4-1-3-2-5-3;1-2-3;1-2;;;;;/h1-3,7-12,20,23-25H,4-6,13-16H2,(H,22,26);4-7,13,24,28-29H,1-3,8-10H2,(H2,20,25)(H5,21,22,23,26,27);1-3,7-12H,4-6,13-14,19H2,(H,20,21);4-7,13,15-17H,1-3,8-10,14H2;1H3,(H4,9,10,13)(H2,11,14,15);3-4H,1-2H2;3H,2H2,1H3;2H,1H3;3*1H4;1H;1H2/t20-;13-;;13-;;3-;;;;;;;/m11.1.0......./s1. The van der Waals surface area contributed by atoms with Gasteiger partial charge >= 0.3 is 12.2 Å². The number of thioether (sulfide) groups is 1. The molecule has 31 N–H and O–H groups in total. The van der Waals surface area contributed by atoms with Gasteiger partial charge in [-0.05, 0) is 179 Å². The van der Waals surface area contributed by atoms with Crippen LogP contribution < -0.4 is 77.4 Å². The monoisotopic (exact) mass is 1950 g/mol. The van der Waals surface area contributed by atoms with E-state index in [-0.39, 0.29) is 174 Å². The predicted molar refractivity (Wildman–Crippen MR) is 529 cm³/mol. The lowest BCUT2D eigenvalue weighted by Gasteiger charge is -2.11. The minimum absolute atomic E-state index is 0. The smallest absolute Gasteiger partial charge is 0.407 e. The summed E-state index contributed by atoms with van der Waals surface area (Å²) in [4.78, 5) is 54.2. The SMILES string of the molecule is C.C.C.CCO.CO.CSC(=N)NC(=O)c1nc(Cl)c(N)nc1N.I.NC(=NCCCCc1ccc(NC[C@@H](O)CO)cc1)Nc1nc(N)c(N)nc1Cl.NCCCCc1ccc(NC[C@@H](O)CO)cc1.Nc1ccc(CCCCNC(=O)OCc2ccccc2)cc1.O=C(NCCCCc1ccc(NC[C@@H](O)CO)cc1)OCc1ccccc1.OC[C@H]1CO1.S. The third kappa shape index (κ3) is 59.4. The van der Waals surface area contributed by atoms with Gasteiger partial charge in [0.15, 0.2) is 56.2 Å². The van der Waals surface area contributed by atoms with Gasteiger partial charge in [0.2, 0.25) is 0 Å². The van der Waals surface area contributed by atoms with Gasteiger partial charge < -0.3 is 138 Å². The van der Waals surface area contributed by atoms with Crippen LogP contribution in [0.25, 0.3) is 0 Å². The first-order chi connectivity index (χ1) is 58.3. The Kier molecular flexibility index (Phi) is 74.6. The number of anilines is 9. The molecule has 9 rings (SSSR count). The lowest BCUT2D eigenvalue weighted by atomic mass is 10.1. The molecule has 0 saturated carbocycles. The van der Waals surface area contributed by atoms with Gasteiger partial charge in [-0.1, -0.05) is 166 Å². The maximum absolute atomic E-state index is 11.6. The van der Waals surface area contributed by atoms with E-state index in [0.717, 1.165) is 143 Å². The highest BCUT2D eigenvalue weighted by molar-refractivity contribution is 14.0. The molecule has 1 aliphatic heterocycles. The Hall–Kier alpha value is -9.60. The van der Waals surface area contributed by atoms with Crippen molar-refractivity contribution in [2.45, 2.75) is 144 Å². The summed E-state index contributed by atoms with van der Waals surface area (Å²) < 4.78 is 14.9. The molecule has 3 amide bonds. The molecule has 0 unspecified atom stereocenters. The van der Waals surface area contributed by atoms with Crippen LogP contribution in [0.2, 0.25) is 10.3 Å². The Bertz CT molecular complexity index is 4130. The number of carbonyl (C=O) groups excluding carboxylic acids is 3. The Morgan fingerprint density at radius 1 is 0.540 bits per heavy atom. The molecule has 1 saturated heterocycles. The summed E-state index contributed by atoms with van der Waals surface area (Å²) in [5.74, 6) is -0.320. The van der Waals surface area contributed by atoms with E-state index in [2.05, 4.69) is 79.0 Å². The summed E-state index contributed by atoms with van der Waals surface area (Å²) in [5.41, 5.74) is 49.2. The van der Waals surface area contributed by atoms with Crippen molar-refractivity contribution in [2.75, 3.05) is 149 Å².